The van der Waals surface area contributed by atoms with Gasteiger partial charge in [-0.25, -0.2) is 8.42 Å². The van der Waals surface area contributed by atoms with E-state index in [1.54, 1.807) is 30.3 Å². The van der Waals surface area contributed by atoms with Crippen LogP contribution in [0.5, 0.6) is 0 Å². The quantitative estimate of drug-likeness (QED) is 0.275. The van der Waals surface area contributed by atoms with Crippen LogP contribution in [-0.4, -0.2) is 50.5 Å². The van der Waals surface area contributed by atoms with E-state index in [0.29, 0.717) is 27.2 Å². The molecule has 3 aromatic rings. The van der Waals surface area contributed by atoms with E-state index in [-0.39, 0.29) is 30.5 Å². The molecule has 0 aliphatic rings. The summed E-state index contributed by atoms with van der Waals surface area (Å²) in [5.74, 6) is -0.748. The molecule has 0 heterocycles. The van der Waals surface area contributed by atoms with Crippen LogP contribution >= 0.6 is 34.8 Å². The minimum Gasteiger partial charge on any atom is -0.354 e. The third-order valence-electron chi connectivity index (χ3n) is 6.11. The Morgan fingerprint density at radius 1 is 0.900 bits per heavy atom. The highest BCUT2D eigenvalue weighted by Gasteiger charge is 2.33. The molecule has 0 aliphatic carbocycles. The number of halogens is 3. The van der Waals surface area contributed by atoms with E-state index >= 15 is 0 Å². The van der Waals surface area contributed by atoms with Crippen LogP contribution in [0.4, 0.5) is 5.69 Å². The average Bonchev–Trinajstić information content (AvgIpc) is 2.89. The van der Waals surface area contributed by atoms with Crippen LogP contribution in [-0.2, 0) is 32.6 Å². The predicted molar refractivity (Wildman–Crippen MR) is 162 cm³/mol. The number of amides is 2. The van der Waals surface area contributed by atoms with E-state index in [9.17, 15) is 18.0 Å². The van der Waals surface area contributed by atoms with Gasteiger partial charge in [-0.15, -0.1) is 0 Å². The van der Waals surface area contributed by atoms with Gasteiger partial charge in [-0.05, 0) is 53.4 Å². The molecular formula is C29H32Cl3N3O4S. The normalized spacial score (nSPS) is 12.2. The number of hydrogen-bond donors (Lipinski definition) is 1. The zero-order valence-electron chi connectivity index (χ0n) is 22.5. The maximum absolute atomic E-state index is 14.0. The number of benzene rings is 3. The van der Waals surface area contributed by atoms with Crippen molar-refractivity contribution >= 4 is 62.3 Å². The molecule has 0 bridgehead atoms. The van der Waals surface area contributed by atoms with Crippen molar-refractivity contribution < 1.29 is 18.0 Å². The Balaban J connectivity index is 2.06. The molecule has 214 valence electrons. The van der Waals surface area contributed by atoms with Gasteiger partial charge >= 0.3 is 0 Å². The van der Waals surface area contributed by atoms with Gasteiger partial charge in [0.25, 0.3) is 0 Å². The molecule has 0 aromatic heterocycles. The average molecular weight is 625 g/mol. The Hall–Kier alpha value is -2.78. The molecule has 1 atom stereocenters. The first kappa shape index (κ1) is 31.7. The second-order valence-corrected chi connectivity index (χ2v) is 13.0. The summed E-state index contributed by atoms with van der Waals surface area (Å²) in [5, 5.41) is 4.11. The van der Waals surface area contributed by atoms with E-state index in [4.69, 9.17) is 34.8 Å². The van der Waals surface area contributed by atoms with Crippen molar-refractivity contribution in [1.82, 2.24) is 10.2 Å². The molecule has 0 unspecified atom stereocenters. The van der Waals surface area contributed by atoms with Crippen LogP contribution in [0.3, 0.4) is 0 Å². The second-order valence-electron chi connectivity index (χ2n) is 9.85. The minimum atomic E-state index is -3.87. The monoisotopic (exact) mass is 623 g/mol. The maximum Gasteiger partial charge on any atom is 0.244 e. The fourth-order valence-corrected chi connectivity index (χ4v) is 5.47. The largest absolute Gasteiger partial charge is 0.354 e. The van der Waals surface area contributed by atoms with Crippen LogP contribution in [0.15, 0.2) is 72.8 Å². The van der Waals surface area contributed by atoms with E-state index in [0.717, 1.165) is 16.1 Å². The lowest BCUT2D eigenvalue weighted by molar-refractivity contribution is -0.140. The molecule has 0 spiro atoms. The Kier molecular flexibility index (Phi) is 11.3. The number of nitrogens with one attached hydrogen (secondary N) is 1. The molecular weight excluding hydrogens is 593 g/mol. The standard InChI is InChI=1S/C29H32Cl3N3O4S/c1-20(2)17-33-29(37)27(15-21-7-5-4-6-8-21)34(18-22-9-10-24(31)16-26(22)32)28(36)19-35(40(3,38)39)25-13-11-23(30)12-14-25/h4-14,16,20,27H,15,17-19H2,1-3H3,(H,33,37)/t27-/m1/s1. The first-order valence-corrected chi connectivity index (χ1v) is 15.6. The van der Waals surface area contributed by atoms with Gasteiger partial charge in [0.05, 0.1) is 11.9 Å². The Bertz CT molecular complexity index is 1420. The highest BCUT2D eigenvalue weighted by Crippen LogP contribution is 2.26. The van der Waals surface area contributed by atoms with Crippen LogP contribution < -0.4 is 9.62 Å². The van der Waals surface area contributed by atoms with Crippen molar-refractivity contribution in [2.45, 2.75) is 32.9 Å². The summed E-state index contributed by atoms with van der Waals surface area (Å²) in [5.41, 5.74) is 1.67. The fraction of sp³-hybridized carbons (Fsp3) is 0.310. The molecule has 0 fully saturated rings. The molecule has 3 aromatic carbocycles. The smallest absolute Gasteiger partial charge is 0.244 e. The number of carbonyl (C=O) groups excluding carboxylic acids is 2. The van der Waals surface area contributed by atoms with E-state index < -0.39 is 28.5 Å². The molecule has 0 saturated heterocycles. The van der Waals surface area contributed by atoms with Gasteiger partial charge in [-0.2, -0.15) is 0 Å². The number of carbonyl (C=O) groups is 2. The van der Waals surface area contributed by atoms with Crippen molar-refractivity contribution in [3.63, 3.8) is 0 Å². The number of sulfonamides is 1. The van der Waals surface area contributed by atoms with Crippen LogP contribution in [0.1, 0.15) is 25.0 Å². The molecule has 1 N–H and O–H groups in total. The summed E-state index contributed by atoms with van der Waals surface area (Å²) >= 11 is 18.6. The van der Waals surface area contributed by atoms with Gasteiger partial charge in [-0.1, -0.05) is 85.0 Å². The molecule has 11 heteroatoms. The lowest BCUT2D eigenvalue weighted by Gasteiger charge is -2.34. The highest BCUT2D eigenvalue weighted by atomic mass is 35.5. The lowest BCUT2D eigenvalue weighted by atomic mass is 10.0. The Labute approximate surface area is 251 Å². The van der Waals surface area contributed by atoms with Gasteiger partial charge < -0.3 is 10.2 Å². The number of nitrogens with zero attached hydrogens (tertiary/aromatic N) is 2. The fourth-order valence-electron chi connectivity index (χ4n) is 4.03. The molecule has 0 saturated carbocycles. The summed E-state index contributed by atoms with van der Waals surface area (Å²) in [6.45, 7) is 3.78. The minimum absolute atomic E-state index is 0.0420. The van der Waals surface area contributed by atoms with Gasteiger partial charge in [0.15, 0.2) is 0 Å². The molecule has 3 rings (SSSR count). The van der Waals surface area contributed by atoms with Crippen molar-refractivity contribution in [2.75, 3.05) is 23.7 Å². The van der Waals surface area contributed by atoms with Crippen LogP contribution in [0.25, 0.3) is 0 Å². The molecule has 7 nitrogen and oxygen atoms in total. The van der Waals surface area contributed by atoms with Crippen molar-refractivity contribution in [3.8, 4) is 0 Å². The third-order valence-corrected chi connectivity index (χ3v) is 8.08. The molecule has 0 radical (unpaired) electrons. The van der Waals surface area contributed by atoms with Crippen molar-refractivity contribution in [1.29, 1.82) is 0 Å². The maximum atomic E-state index is 14.0. The van der Waals surface area contributed by atoms with E-state index in [2.05, 4.69) is 5.32 Å². The third kappa shape index (κ3) is 9.13. The number of anilines is 1. The van der Waals surface area contributed by atoms with Gasteiger partial charge in [0.2, 0.25) is 21.8 Å². The molecule has 2 amide bonds. The topological polar surface area (TPSA) is 86.8 Å². The molecule has 0 aliphatic heterocycles. The van der Waals surface area contributed by atoms with Crippen LogP contribution in [0, 0.1) is 5.92 Å². The van der Waals surface area contributed by atoms with Crippen LogP contribution in [0.2, 0.25) is 15.1 Å². The van der Waals surface area contributed by atoms with Gasteiger partial charge in [0, 0.05) is 34.6 Å². The predicted octanol–water partition coefficient (Wildman–Crippen LogP) is 5.83. The number of hydrogen-bond acceptors (Lipinski definition) is 4. The van der Waals surface area contributed by atoms with E-state index in [1.807, 2.05) is 44.2 Å². The summed E-state index contributed by atoms with van der Waals surface area (Å²) in [6.07, 6.45) is 1.23. The van der Waals surface area contributed by atoms with Crippen molar-refractivity contribution in [2.24, 2.45) is 5.92 Å². The SMILES string of the molecule is CC(C)CNC(=O)[C@@H](Cc1ccccc1)N(Cc1ccc(Cl)cc1Cl)C(=O)CN(c1ccc(Cl)cc1)S(C)(=O)=O. The lowest BCUT2D eigenvalue weighted by Crippen LogP contribution is -2.53. The van der Waals surface area contributed by atoms with Crippen molar-refractivity contribution in [3.05, 3.63) is 99.0 Å². The summed E-state index contributed by atoms with van der Waals surface area (Å²) < 4.78 is 26.6. The second kappa shape index (κ2) is 14.2. The van der Waals surface area contributed by atoms with Gasteiger partial charge in [-0.3, -0.25) is 13.9 Å². The zero-order chi connectivity index (χ0) is 29.4. The highest BCUT2D eigenvalue weighted by molar-refractivity contribution is 7.92. The molecule has 40 heavy (non-hydrogen) atoms. The Morgan fingerprint density at radius 3 is 2.10 bits per heavy atom. The Morgan fingerprint density at radius 2 is 1.52 bits per heavy atom. The van der Waals surface area contributed by atoms with E-state index in [1.165, 1.54) is 17.0 Å². The summed E-state index contributed by atoms with van der Waals surface area (Å²) in [7, 11) is -3.87. The van der Waals surface area contributed by atoms with Gasteiger partial charge in [0.1, 0.15) is 12.6 Å². The first-order chi connectivity index (χ1) is 18.8. The first-order valence-electron chi connectivity index (χ1n) is 12.6. The summed E-state index contributed by atoms with van der Waals surface area (Å²) in [6, 6.07) is 19.4. The zero-order valence-corrected chi connectivity index (χ0v) is 25.6. The number of rotatable bonds is 12. The summed E-state index contributed by atoms with van der Waals surface area (Å²) in [4.78, 5) is 29.0.